The minimum Gasteiger partial charge on any atom is -0.343 e. The molecule has 82 valence electrons. The van der Waals surface area contributed by atoms with E-state index in [0.29, 0.717) is 12.5 Å². The number of nitrogens with zero attached hydrogens (tertiary/aromatic N) is 1. The fourth-order valence-electron chi connectivity index (χ4n) is 1.77. The van der Waals surface area contributed by atoms with Gasteiger partial charge in [0.15, 0.2) is 0 Å². The van der Waals surface area contributed by atoms with Gasteiger partial charge in [0.1, 0.15) is 0 Å². The summed E-state index contributed by atoms with van der Waals surface area (Å²) >= 11 is 0. The van der Waals surface area contributed by atoms with E-state index < -0.39 is 0 Å². The molecule has 1 aliphatic carbocycles. The molecule has 1 amide bonds. The van der Waals surface area contributed by atoms with Crippen molar-refractivity contribution in [2.75, 3.05) is 13.6 Å². The van der Waals surface area contributed by atoms with E-state index >= 15 is 0 Å². The second-order valence-electron chi connectivity index (χ2n) is 4.43. The molecule has 3 nitrogen and oxygen atoms in total. The maximum atomic E-state index is 11.7. The molecule has 14 heavy (non-hydrogen) atoms. The predicted octanol–water partition coefficient (Wildman–Crippen LogP) is 1.37. The second-order valence-corrected chi connectivity index (χ2v) is 4.43. The highest BCUT2D eigenvalue weighted by Gasteiger charge is 2.23. The van der Waals surface area contributed by atoms with Crippen molar-refractivity contribution in [3.63, 3.8) is 0 Å². The zero-order valence-corrected chi connectivity index (χ0v) is 9.33. The van der Waals surface area contributed by atoms with E-state index in [9.17, 15) is 4.79 Å². The number of carbonyl (C=O) groups is 1. The summed E-state index contributed by atoms with van der Waals surface area (Å²) in [5.74, 6) is 0.950. The van der Waals surface area contributed by atoms with Crippen LogP contribution in [-0.4, -0.2) is 30.4 Å². The highest BCUT2D eigenvalue weighted by Crippen LogP contribution is 2.29. The zero-order chi connectivity index (χ0) is 10.6. The van der Waals surface area contributed by atoms with Gasteiger partial charge in [-0.05, 0) is 38.6 Å². The van der Waals surface area contributed by atoms with Gasteiger partial charge in [0.2, 0.25) is 5.91 Å². The van der Waals surface area contributed by atoms with E-state index in [1.165, 1.54) is 19.3 Å². The van der Waals surface area contributed by atoms with Crippen LogP contribution in [0.1, 0.15) is 39.0 Å². The van der Waals surface area contributed by atoms with Crippen LogP contribution in [0.5, 0.6) is 0 Å². The summed E-state index contributed by atoms with van der Waals surface area (Å²) in [5, 5.41) is 0. The second kappa shape index (κ2) is 5.35. The van der Waals surface area contributed by atoms with Gasteiger partial charge < -0.3 is 10.6 Å². The Morgan fingerprint density at radius 2 is 2.21 bits per heavy atom. The summed E-state index contributed by atoms with van der Waals surface area (Å²) in [7, 11) is 1.89. The summed E-state index contributed by atoms with van der Waals surface area (Å²) in [6.07, 6.45) is 5.42. The van der Waals surface area contributed by atoms with Gasteiger partial charge in [-0.25, -0.2) is 0 Å². The van der Waals surface area contributed by atoms with Crippen LogP contribution in [0.3, 0.4) is 0 Å². The molecule has 0 aromatic heterocycles. The van der Waals surface area contributed by atoms with E-state index in [2.05, 4.69) is 6.92 Å². The van der Waals surface area contributed by atoms with Crippen LogP contribution < -0.4 is 5.73 Å². The number of nitrogens with two attached hydrogens (primary N) is 1. The molecule has 1 rings (SSSR count). The quantitative estimate of drug-likeness (QED) is 0.725. The summed E-state index contributed by atoms with van der Waals surface area (Å²) in [6, 6.07) is 0.285. The number of carbonyl (C=O) groups excluding carboxylic acids is 1. The number of rotatable bonds is 5. The van der Waals surface area contributed by atoms with Crippen LogP contribution in [0.25, 0.3) is 0 Å². The van der Waals surface area contributed by atoms with Crippen LogP contribution in [-0.2, 0) is 4.79 Å². The number of hydrogen-bond acceptors (Lipinski definition) is 2. The first kappa shape index (κ1) is 11.5. The third-order valence-electron chi connectivity index (χ3n) is 3.33. The standard InChI is InChI=1S/C11H22N2O/c1-9(6-7-12)13(2)11(14)8-10-4-3-5-10/h9-10H,3-8,12H2,1-2H3. The van der Waals surface area contributed by atoms with Crippen molar-refractivity contribution in [1.29, 1.82) is 0 Å². The van der Waals surface area contributed by atoms with Gasteiger partial charge in [-0.2, -0.15) is 0 Å². The predicted molar refractivity (Wildman–Crippen MR) is 57.9 cm³/mol. The summed E-state index contributed by atoms with van der Waals surface area (Å²) < 4.78 is 0. The van der Waals surface area contributed by atoms with E-state index in [1.807, 2.05) is 11.9 Å². The summed E-state index contributed by atoms with van der Waals surface area (Å²) in [4.78, 5) is 13.6. The minimum atomic E-state index is 0.285. The first-order chi connectivity index (χ1) is 6.65. The average Bonchev–Trinajstić information content (AvgIpc) is 2.10. The molecule has 0 radical (unpaired) electrons. The Morgan fingerprint density at radius 1 is 1.57 bits per heavy atom. The maximum Gasteiger partial charge on any atom is 0.222 e. The Hall–Kier alpha value is -0.570. The molecule has 0 heterocycles. The number of amides is 1. The fraction of sp³-hybridized carbons (Fsp3) is 0.909. The van der Waals surface area contributed by atoms with Gasteiger partial charge in [-0.15, -0.1) is 0 Å². The third kappa shape index (κ3) is 2.98. The van der Waals surface area contributed by atoms with Crippen LogP contribution in [0.4, 0.5) is 0 Å². The molecule has 0 bridgehead atoms. The Kier molecular flexibility index (Phi) is 4.39. The molecule has 1 atom stereocenters. The molecule has 2 N–H and O–H groups in total. The summed E-state index contributed by atoms with van der Waals surface area (Å²) in [5.41, 5.74) is 5.47. The topological polar surface area (TPSA) is 46.3 Å². The smallest absolute Gasteiger partial charge is 0.222 e. The highest BCUT2D eigenvalue weighted by atomic mass is 16.2. The van der Waals surface area contributed by atoms with Crippen molar-refractivity contribution in [3.05, 3.63) is 0 Å². The van der Waals surface area contributed by atoms with Crippen molar-refractivity contribution < 1.29 is 4.79 Å². The molecule has 0 saturated heterocycles. The Balaban J connectivity index is 2.26. The largest absolute Gasteiger partial charge is 0.343 e. The summed E-state index contributed by atoms with van der Waals surface area (Å²) in [6.45, 7) is 2.72. The van der Waals surface area contributed by atoms with Crippen molar-refractivity contribution in [3.8, 4) is 0 Å². The molecule has 1 aliphatic rings. The normalized spacial score (nSPS) is 18.8. The van der Waals surface area contributed by atoms with Gasteiger partial charge in [0.05, 0.1) is 0 Å². The zero-order valence-electron chi connectivity index (χ0n) is 9.33. The molecule has 0 aliphatic heterocycles. The lowest BCUT2D eigenvalue weighted by atomic mass is 9.82. The molecular weight excluding hydrogens is 176 g/mol. The van der Waals surface area contributed by atoms with E-state index in [-0.39, 0.29) is 11.9 Å². The van der Waals surface area contributed by atoms with E-state index in [4.69, 9.17) is 5.73 Å². The van der Waals surface area contributed by atoms with Gasteiger partial charge in [-0.3, -0.25) is 4.79 Å². The lowest BCUT2D eigenvalue weighted by Crippen LogP contribution is -2.37. The average molecular weight is 198 g/mol. The molecule has 0 aromatic carbocycles. The lowest BCUT2D eigenvalue weighted by Gasteiger charge is -2.30. The molecule has 3 heteroatoms. The van der Waals surface area contributed by atoms with Crippen LogP contribution >= 0.6 is 0 Å². The van der Waals surface area contributed by atoms with E-state index in [0.717, 1.165) is 12.8 Å². The SMILES string of the molecule is CC(CCN)N(C)C(=O)CC1CCC1. The van der Waals surface area contributed by atoms with Crippen LogP contribution in [0.2, 0.25) is 0 Å². The Labute approximate surface area is 86.6 Å². The molecule has 0 spiro atoms. The van der Waals surface area contributed by atoms with E-state index in [1.54, 1.807) is 0 Å². The maximum absolute atomic E-state index is 11.7. The molecule has 0 aromatic rings. The fourth-order valence-corrected chi connectivity index (χ4v) is 1.77. The van der Waals surface area contributed by atoms with Gasteiger partial charge in [0, 0.05) is 19.5 Å². The Morgan fingerprint density at radius 3 is 2.64 bits per heavy atom. The monoisotopic (exact) mass is 198 g/mol. The van der Waals surface area contributed by atoms with Crippen molar-refractivity contribution in [2.24, 2.45) is 11.7 Å². The van der Waals surface area contributed by atoms with Gasteiger partial charge in [0.25, 0.3) is 0 Å². The van der Waals surface area contributed by atoms with Crippen LogP contribution in [0.15, 0.2) is 0 Å². The first-order valence-electron chi connectivity index (χ1n) is 5.61. The highest BCUT2D eigenvalue weighted by molar-refractivity contribution is 5.76. The van der Waals surface area contributed by atoms with Crippen molar-refractivity contribution >= 4 is 5.91 Å². The molecule has 1 saturated carbocycles. The van der Waals surface area contributed by atoms with Gasteiger partial charge in [-0.1, -0.05) is 6.42 Å². The third-order valence-corrected chi connectivity index (χ3v) is 3.33. The van der Waals surface area contributed by atoms with Crippen molar-refractivity contribution in [2.45, 2.75) is 45.1 Å². The Bertz CT molecular complexity index is 190. The minimum absolute atomic E-state index is 0.285. The molecule has 1 unspecified atom stereocenters. The lowest BCUT2D eigenvalue weighted by molar-refractivity contribution is -0.133. The first-order valence-corrected chi connectivity index (χ1v) is 5.61. The van der Waals surface area contributed by atoms with Crippen molar-refractivity contribution in [1.82, 2.24) is 4.90 Å². The molecular formula is C11H22N2O. The number of hydrogen-bond donors (Lipinski definition) is 1. The molecule has 1 fully saturated rings. The van der Waals surface area contributed by atoms with Gasteiger partial charge >= 0.3 is 0 Å². The van der Waals surface area contributed by atoms with Crippen LogP contribution in [0, 0.1) is 5.92 Å².